The van der Waals surface area contributed by atoms with Gasteiger partial charge in [0, 0.05) is 34.0 Å². The fourth-order valence-electron chi connectivity index (χ4n) is 4.23. The summed E-state index contributed by atoms with van der Waals surface area (Å²) in [6, 6.07) is 13.1. The first-order chi connectivity index (χ1) is 16.7. The van der Waals surface area contributed by atoms with Crippen LogP contribution in [0.1, 0.15) is 45.9 Å². The molecule has 1 atom stereocenters. The molecule has 0 saturated heterocycles. The third-order valence-electron chi connectivity index (χ3n) is 5.98. The van der Waals surface area contributed by atoms with Crippen LogP contribution in [0.4, 0.5) is 0 Å². The Morgan fingerprint density at radius 3 is 2.69 bits per heavy atom. The molecule has 8 heteroatoms. The Balaban J connectivity index is 1.67. The summed E-state index contributed by atoms with van der Waals surface area (Å²) in [6.45, 7) is 7.30. The first kappa shape index (κ1) is 22.7. The molecule has 0 radical (unpaired) electrons. The van der Waals surface area contributed by atoms with Crippen LogP contribution in [-0.4, -0.2) is 15.3 Å². The number of aryl methyl sites for hydroxylation is 2. The first-order valence-corrected chi connectivity index (χ1v) is 11.9. The molecule has 176 valence electrons. The number of pyridine rings is 1. The summed E-state index contributed by atoms with van der Waals surface area (Å²) in [5.74, 6) is 0.103. The summed E-state index contributed by atoms with van der Waals surface area (Å²) in [5.41, 5.74) is 9.49. The molecule has 0 aliphatic carbocycles. The molecule has 3 aromatic heterocycles. The quantitative estimate of drug-likeness (QED) is 0.346. The molecule has 0 unspecified atom stereocenters. The predicted octanol–water partition coefficient (Wildman–Crippen LogP) is 5.63. The van der Waals surface area contributed by atoms with Crippen LogP contribution in [-0.2, 0) is 0 Å². The summed E-state index contributed by atoms with van der Waals surface area (Å²) in [6.07, 6.45) is 1.25. The van der Waals surface area contributed by atoms with Crippen LogP contribution >= 0.6 is 11.5 Å². The average Bonchev–Trinajstić information content (AvgIpc) is 3.30. The summed E-state index contributed by atoms with van der Waals surface area (Å²) in [7, 11) is 0. The van der Waals surface area contributed by atoms with Crippen molar-refractivity contribution in [3.05, 3.63) is 87.0 Å². The van der Waals surface area contributed by atoms with Crippen molar-refractivity contribution in [1.29, 1.82) is 0 Å². The van der Waals surface area contributed by atoms with Crippen molar-refractivity contribution in [2.24, 2.45) is 5.73 Å². The number of ether oxygens (including phenoxy) is 1. The zero-order chi connectivity index (χ0) is 24.9. The zero-order valence-corrected chi connectivity index (χ0v) is 20.5. The molecule has 3 heterocycles. The fraction of sp³-hybridized carbons (Fsp3) is 0.185. The molecule has 0 aliphatic heterocycles. The van der Waals surface area contributed by atoms with Crippen molar-refractivity contribution in [3.63, 3.8) is 0 Å². The molecule has 35 heavy (non-hydrogen) atoms. The van der Waals surface area contributed by atoms with Gasteiger partial charge in [-0.05, 0) is 87.3 Å². The largest absolute Gasteiger partial charge is 0.483 e. The molecule has 5 aromatic rings. The molecule has 1 amide bonds. The second-order valence-electron chi connectivity index (χ2n) is 8.62. The van der Waals surface area contributed by atoms with Crippen LogP contribution in [0.2, 0.25) is 0 Å². The van der Waals surface area contributed by atoms with E-state index in [1.807, 2.05) is 44.2 Å². The van der Waals surface area contributed by atoms with E-state index >= 15 is 0 Å². The molecular weight excluding hydrogens is 462 g/mol. The maximum atomic E-state index is 13.4. The Kier molecular flexibility index (Phi) is 5.61. The summed E-state index contributed by atoms with van der Waals surface area (Å²) in [5, 5.41) is 1.47. The maximum Gasteiger partial charge on any atom is 0.271 e. The summed E-state index contributed by atoms with van der Waals surface area (Å²) < 4.78 is 17.9. The van der Waals surface area contributed by atoms with Gasteiger partial charge in [0.15, 0.2) is 16.9 Å². The van der Waals surface area contributed by atoms with Crippen LogP contribution in [0, 0.1) is 20.8 Å². The molecule has 2 aromatic carbocycles. The Labute approximate surface area is 205 Å². The van der Waals surface area contributed by atoms with Crippen molar-refractivity contribution in [3.8, 4) is 17.1 Å². The molecule has 0 spiro atoms. The number of fused-ring (bicyclic) bond motifs is 2. The molecule has 0 fully saturated rings. The van der Waals surface area contributed by atoms with E-state index in [0.29, 0.717) is 33.6 Å². The molecule has 7 nitrogen and oxygen atoms in total. The highest BCUT2D eigenvalue weighted by atomic mass is 32.1. The van der Waals surface area contributed by atoms with Crippen molar-refractivity contribution in [2.45, 2.75) is 33.8 Å². The Hall–Kier alpha value is -4.04. The van der Waals surface area contributed by atoms with E-state index in [1.165, 1.54) is 11.5 Å². The van der Waals surface area contributed by atoms with Crippen molar-refractivity contribution in [1.82, 2.24) is 9.36 Å². The van der Waals surface area contributed by atoms with Crippen LogP contribution < -0.4 is 15.9 Å². The lowest BCUT2D eigenvalue weighted by molar-refractivity contribution is 0.0988. The molecule has 2 N–H and O–H groups in total. The second kappa shape index (κ2) is 8.63. The van der Waals surface area contributed by atoms with Crippen molar-refractivity contribution >= 4 is 38.5 Å². The molecule has 0 bridgehead atoms. The number of hydrogen-bond acceptors (Lipinski definition) is 7. The number of amides is 1. The van der Waals surface area contributed by atoms with E-state index < -0.39 is 12.0 Å². The highest BCUT2D eigenvalue weighted by molar-refractivity contribution is 7.13. The minimum Gasteiger partial charge on any atom is -0.483 e. The van der Waals surface area contributed by atoms with E-state index in [2.05, 4.69) is 9.36 Å². The molecule has 5 rings (SSSR count). The molecular formula is C27H23N3O4S. The van der Waals surface area contributed by atoms with Gasteiger partial charge in [0.1, 0.15) is 17.4 Å². The number of nitrogens with two attached hydrogens (primary N) is 1. The maximum absolute atomic E-state index is 13.4. The van der Waals surface area contributed by atoms with Crippen LogP contribution in [0.25, 0.3) is 32.4 Å². The minimum atomic E-state index is -0.673. The normalized spacial score (nSPS) is 12.2. The third kappa shape index (κ3) is 4.06. The smallest absolute Gasteiger partial charge is 0.271 e. The molecule has 0 aliphatic rings. The first-order valence-electron chi connectivity index (χ1n) is 11.1. The van der Waals surface area contributed by atoms with Crippen LogP contribution in [0.3, 0.4) is 0 Å². The fourth-order valence-corrected chi connectivity index (χ4v) is 4.85. The van der Waals surface area contributed by atoms with Gasteiger partial charge in [0.2, 0.25) is 0 Å². The summed E-state index contributed by atoms with van der Waals surface area (Å²) >= 11 is 1.42. The highest BCUT2D eigenvalue weighted by Gasteiger charge is 2.22. The molecule has 0 saturated carbocycles. The zero-order valence-electron chi connectivity index (χ0n) is 19.7. The van der Waals surface area contributed by atoms with E-state index in [4.69, 9.17) is 14.9 Å². The average molecular weight is 486 g/mol. The lowest BCUT2D eigenvalue weighted by Crippen LogP contribution is -2.17. The van der Waals surface area contributed by atoms with Gasteiger partial charge in [-0.25, -0.2) is 4.98 Å². The summed E-state index contributed by atoms with van der Waals surface area (Å²) in [4.78, 5) is 29.6. The van der Waals surface area contributed by atoms with Gasteiger partial charge in [0.25, 0.3) is 5.91 Å². The van der Waals surface area contributed by atoms with Crippen LogP contribution in [0.15, 0.2) is 57.9 Å². The lowest BCUT2D eigenvalue weighted by Gasteiger charge is -2.19. The number of aromatic nitrogens is 2. The number of primary amides is 1. The van der Waals surface area contributed by atoms with Crippen LogP contribution in [0.5, 0.6) is 5.75 Å². The Bertz CT molecular complexity index is 1690. The number of hydrogen-bond donors (Lipinski definition) is 1. The van der Waals surface area contributed by atoms with Gasteiger partial charge in [-0.1, -0.05) is 0 Å². The van der Waals surface area contributed by atoms with E-state index in [9.17, 15) is 9.59 Å². The van der Waals surface area contributed by atoms with Crippen molar-refractivity contribution < 1.29 is 13.9 Å². The Morgan fingerprint density at radius 2 is 1.91 bits per heavy atom. The monoisotopic (exact) mass is 485 g/mol. The van der Waals surface area contributed by atoms with Gasteiger partial charge in [-0.3, -0.25) is 9.59 Å². The number of carbonyl (C=O) groups is 1. The van der Waals surface area contributed by atoms with E-state index in [0.717, 1.165) is 21.2 Å². The highest BCUT2D eigenvalue weighted by Crippen LogP contribution is 2.34. The van der Waals surface area contributed by atoms with E-state index in [-0.39, 0.29) is 16.9 Å². The Morgan fingerprint density at radius 1 is 1.11 bits per heavy atom. The van der Waals surface area contributed by atoms with Gasteiger partial charge < -0.3 is 14.9 Å². The minimum absolute atomic E-state index is 0.0597. The van der Waals surface area contributed by atoms with Gasteiger partial charge in [-0.2, -0.15) is 4.37 Å². The second-order valence-corrected chi connectivity index (χ2v) is 9.45. The van der Waals surface area contributed by atoms with Crippen molar-refractivity contribution in [2.75, 3.05) is 0 Å². The van der Waals surface area contributed by atoms with Gasteiger partial charge in [0.05, 0.1) is 10.1 Å². The van der Waals surface area contributed by atoms with Gasteiger partial charge >= 0.3 is 0 Å². The predicted molar refractivity (Wildman–Crippen MR) is 137 cm³/mol. The topological polar surface area (TPSA) is 108 Å². The lowest BCUT2D eigenvalue weighted by atomic mass is 9.99. The number of benzene rings is 2. The number of nitrogens with zero attached hydrogens (tertiary/aromatic N) is 2. The number of carbonyl (C=O) groups excluding carboxylic acids is 1. The standard InChI is InChI=1S/C27H23N3O4S/c1-13-9-19(16(4)33-21-7-5-14(2)30-23(21)27(28)32)26-20(10-13)24(31)15(3)25(34-26)17-6-8-22-18(11-17)12-29-35-22/h5-12,16H,1-4H3,(H2,28,32)/t16-/m1/s1. The van der Waals surface area contributed by atoms with Gasteiger partial charge in [-0.15, -0.1) is 0 Å². The SMILES string of the molecule is Cc1cc([C@@H](C)Oc2ccc(C)nc2C(N)=O)c2oc(-c3ccc4sncc4c3)c(C)c(=O)c2c1. The third-order valence-corrected chi connectivity index (χ3v) is 6.76. The number of rotatable bonds is 5. The van der Waals surface area contributed by atoms with E-state index in [1.54, 1.807) is 32.2 Å².